The minimum atomic E-state index is 0.689. The van der Waals surface area contributed by atoms with Crippen LogP contribution in [0.5, 0.6) is 0 Å². The summed E-state index contributed by atoms with van der Waals surface area (Å²) in [5, 5.41) is 1.15. The van der Waals surface area contributed by atoms with Gasteiger partial charge in [0.05, 0.1) is 19.6 Å². The van der Waals surface area contributed by atoms with Crippen molar-refractivity contribution in [2.24, 2.45) is 0 Å². The predicted octanol–water partition coefficient (Wildman–Crippen LogP) is 3.08. The lowest BCUT2D eigenvalue weighted by molar-refractivity contribution is 0.122. The molecule has 7 heteroatoms. The van der Waals surface area contributed by atoms with E-state index in [1.807, 2.05) is 43.5 Å². The van der Waals surface area contributed by atoms with Gasteiger partial charge in [0.15, 0.2) is 0 Å². The van der Waals surface area contributed by atoms with Crippen LogP contribution in [0.4, 0.5) is 5.82 Å². The lowest BCUT2D eigenvalue weighted by Crippen LogP contribution is -2.36. The second-order valence-corrected chi connectivity index (χ2v) is 7.54. The molecular weight excluding hydrogens is 376 g/mol. The Hall–Kier alpha value is -3.32. The maximum Gasteiger partial charge on any atom is 0.137 e. The fourth-order valence-electron chi connectivity index (χ4n) is 3.70. The molecule has 0 atom stereocenters. The molecule has 151 valence electrons. The van der Waals surface area contributed by atoms with Crippen molar-refractivity contribution >= 4 is 16.9 Å². The quantitative estimate of drug-likeness (QED) is 0.556. The Morgan fingerprint density at radius 2 is 1.90 bits per heavy atom. The average Bonchev–Trinajstić information content (AvgIpc) is 3.18. The van der Waals surface area contributed by atoms with Gasteiger partial charge in [-0.15, -0.1) is 0 Å². The van der Waals surface area contributed by atoms with Crippen molar-refractivity contribution < 1.29 is 4.74 Å². The van der Waals surface area contributed by atoms with Crippen molar-refractivity contribution in [1.29, 1.82) is 0 Å². The van der Waals surface area contributed by atoms with Crippen molar-refractivity contribution in [2.75, 3.05) is 31.2 Å². The third-order valence-electron chi connectivity index (χ3n) is 5.27. The number of nitrogens with one attached hydrogen (secondary N) is 1. The first-order chi connectivity index (χ1) is 14.7. The van der Waals surface area contributed by atoms with Gasteiger partial charge in [-0.25, -0.2) is 19.9 Å². The maximum atomic E-state index is 5.42. The zero-order valence-electron chi connectivity index (χ0n) is 16.9. The van der Waals surface area contributed by atoms with Crippen LogP contribution < -0.4 is 4.90 Å². The van der Waals surface area contributed by atoms with Gasteiger partial charge in [-0.05, 0) is 47.4 Å². The normalized spacial score (nSPS) is 14.4. The fourth-order valence-corrected chi connectivity index (χ4v) is 3.70. The van der Waals surface area contributed by atoms with Gasteiger partial charge in [-0.3, -0.25) is 0 Å². The molecule has 0 spiro atoms. The zero-order valence-corrected chi connectivity index (χ0v) is 16.9. The average molecular weight is 399 g/mol. The van der Waals surface area contributed by atoms with Crippen molar-refractivity contribution in [1.82, 2.24) is 24.9 Å². The molecule has 30 heavy (non-hydrogen) atoms. The first-order valence-electron chi connectivity index (χ1n) is 10.1. The van der Waals surface area contributed by atoms with Gasteiger partial charge >= 0.3 is 0 Å². The molecule has 4 aromatic heterocycles. The van der Waals surface area contributed by atoms with Crippen molar-refractivity contribution in [3.8, 4) is 0 Å². The van der Waals surface area contributed by atoms with Crippen LogP contribution in [0.3, 0.4) is 0 Å². The third-order valence-corrected chi connectivity index (χ3v) is 5.27. The number of hydrogen-bond acceptors (Lipinski definition) is 6. The minimum absolute atomic E-state index is 0.689. The molecular formula is C23H23N6O. The molecule has 0 unspecified atom stereocenters. The Morgan fingerprint density at radius 3 is 2.73 bits per heavy atom. The lowest BCUT2D eigenvalue weighted by atomic mass is 10.1. The van der Waals surface area contributed by atoms with Gasteiger partial charge in [-0.2, -0.15) is 0 Å². The molecule has 1 aliphatic rings. The molecule has 0 aliphatic carbocycles. The number of nitrogens with zero attached hydrogens (tertiary/aromatic N) is 5. The lowest BCUT2D eigenvalue weighted by Gasteiger charge is -2.27. The van der Waals surface area contributed by atoms with Crippen LogP contribution in [0, 0.1) is 13.3 Å². The summed E-state index contributed by atoms with van der Waals surface area (Å²) in [5.74, 6) is 1.65. The van der Waals surface area contributed by atoms with E-state index in [4.69, 9.17) is 4.74 Å². The van der Waals surface area contributed by atoms with Crippen LogP contribution in [-0.4, -0.2) is 51.2 Å². The highest BCUT2D eigenvalue weighted by Gasteiger charge is 2.13. The molecule has 0 amide bonds. The largest absolute Gasteiger partial charge is 0.378 e. The summed E-state index contributed by atoms with van der Waals surface area (Å²) in [6.07, 6.45) is 12.3. The number of aromatic nitrogens is 5. The number of hydrogen-bond donors (Lipinski definition) is 1. The SMILES string of the molecule is Cc1cnc2[nH]cc(Cc3cnc([CH]c4ccnc(N5CCOCC5)c4)nc3)c2c1. The summed E-state index contributed by atoms with van der Waals surface area (Å²) in [4.78, 5) is 23.5. The Balaban J connectivity index is 1.29. The molecule has 0 bridgehead atoms. The number of H-pyrrole nitrogens is 1. The van der Waals surface area contributed by atoms with E-state index in [2.05, 4.69) is 48.9 Å². The van der Waals surface area contributed by atoms with Gasteiger partial charge in [0, 0.05) is 55.9 Å². The molecule has 7 nitrogen and oxygen atoms in total. The van der Waals surface area contributed by atoms with E-state index in [-0.39, 0.29) is 0 Å². The van der Waals surface area contributed by atoms with Crippen LogP contribution in [0.2, 0.25) is 0 Å². The van der Waals surface area contributed by atoms with Crippen LogP contribution in [0.1, 0.15) is 28.1 Å². The first-order valence-corrected chi connectivity index (χ1v) is 10.1. The van der Waals surface area contributed by atoms with Crippen LogP contribution in [0.15, 0.2) is 49.2 Å². The molecule has 5 heterocycles. The number of anilines is 1. The number of morpholine rings is 1. The van der Waals surface area contributed by atoms with E-state index >= 15 is 0 Å². The molecule has 1 fully saturated rings. The van der Waals surface area contributed by atoms with Gasteiger partial charge in [0.25, 0.3) is 0 Å². The van der Waals surface area contributed by atoms with E-state index in [1.54, 1.807) is 0 Å². The first kappa shape index (κ1) is 18.7. The molecule has 1 aliphatic heterocycles. The molecule has 4 aromatic rings. The zero-order chi connectivity index (χ0) is 20.3. The number of ether oxygens (including phenoxy) is 1. The number of pyridine rings is 2. The van der Waals surface area contributed by atoms with Crippen LogP contribution in [-0.2, 0) is 11.2 Å². The Bertz CT molecular complexity index is 1150. The van der Waals surface area contributed by atoms with E-state index in [1.165, 1.54) is 5.56 Å². The van der Waals surface area contributed by atoms with Crippen molar-refractivity contribution in [3.05, 3.63) is 83.7 Å². The van der Waals surface area contributed by atoms with E-state index < -0.39 is 0 Å². The van der Waals surface area contributed by atoms with E-state index in [0.29, 0.717) is 5.82 Å². The molecule has 0 aromatic carbocycles. The fraction of sp³-hybridized carbons (Fsp3) is 0.261. The van der Waals surface area contributed by atoms with Gasteiger partial charge in [0.2, 0.25) is 0 Å². The molecule has 1 saturated heterocycles. The topological polar surface area (TPSA) is 79.8 Å². The summed E-state index contributed by atoms with van der Waals surface area (Å²) in [5.41, 5.74) is 5.37. The number of fused-ring (bicyclic) bond motifs is 1. The smallest absolute Gasteiger partial charge is 0.137 e. The Kier molecular flexibility index (Phi) is 5.11. The summed E-state index contributed by atoms with van der Waals surface area (Å²) in [7, 11) is 0. The van der Waals surface area contributed by atoms with Crippen molar-refractivity contribution in [2.45, 2.75) is 13.3 Å². The Morgan fingerprint density at radius 1 is 1.07 bits per heavy atom. The summed E-state index contributed by atoms with van der Waals surface area (Å²) < 4.78 is 5.42. The van der Waals surface area contributed by atoms with Gasteiger partial charge < -0.3 is 14.6 Å². The van der Waals surface area contributed by atoms with Crippen LogP contribution in [0.25, 0.3) is 11.0 Å². The van der Waals surface area contributed by atoms with Gasteiger partial charge in [0.1, 0.15) is 17.3 Å². The number of aryl methyl sites for hydroxylation is 1. The second-order valence-electron chi connectivity index (χ2n) is 7.54. The highest BCUT2D eigenvalue weighted by atomic mass is 16.5. The van der Waals surface area contributed by atoms with Crippen LogP contribution >= 0.6 is 0 Å². The third kappa shape index (κ3) is 4.02. The molecule has 1 radical (unpaired) electrons. The minimum Gasteiger partial charge on any atom is -0.378 e. The summed E-state index contributed by atoms with van der Waals surface area (Å²) >= 11 is 0. The predicted molar refractivity (Wildman–Crippen MR) is 115 cm³/mol. The standard InChI is InChI=1S/C23H23N6O/c1-16-8-20-19(15-28-23(20)27-12-16)9-18-13-25-21(26-14-18)10-17-2-3-24-22(11-17)29-4-6-30-7-5-29/h2-3,8,10-15H,4-7,9H2,1H3,(H,27,28). The van der Waals surface area contributed by atoms with Gasteiger partial charge in [-0.1, -0.05) is 0 Å². The molecule has 0 saturated carbocycles. The molecule has 5 rings (SSSR count). The monoisotopic (exact) mass is 399 g/mol. The summed E-state index contributed by atoms with van der Waals surface area (Å²) in [6, 6.07) is 6.21. The molecule has 1 N–H and O–H groups in total. The van der Waals surface area contributed by atoms with Crippen molar-refractivity contribution in [3.63, 3.8) is 0 Å². The number of aromatic amines is 1. The highest BCUT2D eigenvalue weighted by molar-refractivity contribution is 5.80. The highest BCUT2D eigenvalue weighted by Crippen LogP contribution is 2.21. The second kappa shape index (κ2) is 8.20. The van der Waals surface area contributed by atoms with E-state index in [9.17, 15) is 0 Å². The van der Waals surface area contributed by atoms with E-state index in [0.717, 1.165) is 66.3 Å². The summed E-state index contributed by atoms with van der Waals surface area (Å²) in [6.45, 7) is 5.27. The maximum absolute atomic E-state index is 5.42. The number of rotatable bonds is 5. The Labute approximate surface area is 175 Å².